The zero-order valence-electron chi connectivity index (χ0n) is 7.81. The number of nitrogens with two attached hydrogens (primary N) is 1. The molecule has 0 saturated heterocycles. The lowest BCUT2D eigenvalue weighted by Crippen LogP contribution is -1.96. The molecule has 0 aliphatic heterocycles. The molecule has 0 atom stereocenters. The summed E-state index contributed by atoms with van der Waals surface area (Å²) in [6.07, 6.45) is 1.59. The van der Waals surface area contributed by atoms with E-state index in [0.717, 1.165) is 4.88 Å². The number of halogens is 1. The zero-order chi connectivity index (χ0) is 10.7. The van der Waals surface area contributed by atoms with Gasteiger partial charge in [-0.15, -0.1) is 0 Å². The maximum atomic E-state index is 12.6. The quantitative estimate of drug-likeness (QED) is 0.871. The molecule has 1 heterocycles. The Morgan fingerprint density at radius 3 is 2.67 bits per heavy atom. The van der Waals surface area contributed by atoms with E-state index in [1.54, 1.807) is 18.3 Å². The van der Waals surface area contributed by atoms with Crippen LogP contribution in [-0.2, 0) is 6.61 Å². The molecule has 15 heavy (non-hydrogen) atoms. The van der Waals surface area contributed by atoms with E-state index in [1.165, 1.54) is 23.7 Å². The summed E-state index contributed by atoms with van der Waals surface area (Å²) in [6, 6.07) is 5.86. The summed E-state index contributed by atoms with van der Waals surface area (Å²) < 4.78 is 21.9. The van der Waals surface area contributed by atoms with E-state index in [4.69, 9.17) is 10.5 Å². The van der Waals surface area contributed by atoms with Crippen LogP contribution >= 0.6 is 11.5 Å². The average molecular weight is 224 g/mol. The third-order valence-corrected chi connectivity index (χ3v) is 2.64. The van der Waals surface area contributed by atoms with Crippen molar-refractivity contribution in [2.75, 3.05) is 5.73 Å². The number of benzene rings is 1. The maximum Gasteiger partial charge on any atom is 0.126 e. The lowest BCUT2D eigenvalue weighted by molar-refractivity contribution is 0.310. The summed E-state index contributed by atoms with van der Waals surface area (Å²) in [4.78, 5) is 0.874. The van der Waals surface area contributed by atoms with E-state index in [2.05, 4.69) is 4.37 Å². The van der Waals surface area contributed by atoms with Gasteiger partial charge in [0.1, 0.15) is 18.2 Å². The van der Waals surface area contributed by atoms with Gasteiger partial charge in [-0.25, -0.2) is 4.39 Å². The molecule has 2 aromatic rings. The highest BCUT2D eigenvalue weighted by Crippen LogP contribution is 2.19. The summed E-state index contributed by atoms with van der Waals surface area (Å²) in [5, 5.41) is 0. The molecular formula is C10H9FN2OS. The minimum absolute atomic E-state index is 0.278. The number of anilines is 1. The normalized spacial score (nSPS) is 10.2. The molecule has 3 nitrogen and oxygen atoms in total. The Morgan fingerprint density at radius 1 is 1.33 bits per heavy atom. The summed E-state index contributed by atoms with van der Waals surface area (Å²) in [7, 11) is 0. The zero-order valence-corrected chi connectivity index (χ0v) is 8.63. The van der Waals surface area contributed by atoms with Crippen LogP contribution in [0.15, 0.2) is 30.5 Å². The van der Waals surface area contributed by atoms with Gasteiger partial charge in [-0.05, 0) is 35.8 Å². The van der Waals surface area contributed by atoms with Crippen LogP contribution in [-0.4, -0.2) is 4.37 Å². The number of aromatic nitrogens is 1. The lowest BCUT2D eigenvalue weighted by Gasteiger charge is -2.04. The molecule has 1 aromatic carbocycles. The predicted octanol–water partition coefficient (Wildman–Crippen LogP) is 2.44. The van der Waals surface area contributed by atoms with Gasteiger partial charge < -0.3 is 10.5 Å². The molecule has 0 amide bonds. The number of nitrogen functional groups attached to an aromatic ring is 1. The Morgan fingerprint density at radius 2 is 2.07 bits per heavy atom. The second-order valence-electron chi connectivity index (χ2n) is 2.95. The van der Waals surface area contributed by atoms with Gasteiger partial charge in [0.15, 0.2) is 0 Å². The third-order valence-electron chi connectivity index (χ3n) is 1.86. The smallest absolute Gasteiger partial charge is 0.126 e. The number of rotatable bonds is 3. The van der Waals surface area contributed by atoms with Crippen LogP contribution in [0.5, 0.6) is 5.75 Å². The molecule has 0 aliphatic rings. The first-order chi connectivity index (χ1) is 7.25. The summed E-state index contributed by atoms with van der Waals surface area (Å²) in [6.45, 7) is 0.363. The van der Waals surface area contributed by atoms with Crippen molar-refractivity contribution in [1.82, 2.24) is 4.37 Å². The molecule has 0 saturated carbocycles. The second kappa shape index (κ2) is 4.27. The Bertz CT molecular complexity index is 441. The van der Waals surface area contributed by atoms with Crippen LogP contribution in [0.3, 0.4) is 0 Å². The van der Waals surface area contributed by atoms with Gasteiger partial charge in [-0.3, -0.25) is 0 Å². The van der Waals surface area contributed by atoms with Gasteiger partial charge in [0.25, 0.3) is 0 Å². The molecule has 2 N–H and O–H groups in total. The van der Waals surface area contributed by atoms with Gasteiger partial charge in [-0.1, -0.05) is 0 Å². The molecular weight excluding hydrogens is 215 g/mol. The van der Waals surface area contributed by atoms with Crippen LogP contribution in [0.1, 0.15) is 4.88 Å². The first-order valence-electron chi connectivity index (χ1n) is 4.33. The highest BCUT2D eigenvalue weighted by molar-refractivity contribution is 7.06. The fourth-order valence-corrected chi connectivity index (χ4v) is 1.62. The highest BCUT2D eigenvalue weighted by atomic mass is 32.1. The number of nitrogens with zero attached hydrogens (tertiary/aromatic N) is 1. The molecule has 0 fully saturated rings. The Balaban J connectivity index is 1.99. The maximum absolute atomic E-state index is 12.6. The van der Waals surface area contributed by atoms with E-state index < -0.39 is 0 Å². The van der Waals surface area contributed by atoms with E-state index in [-0.39, 0.29) is 5.82 Å². The fourth-order valence-electron chi connectivity index (χ4n) is 1.06. The average Bonchev–Trinajstić information content (AvgIpc) is 2.63. The first-order valence-corrected chi connectivity index (χ1v) is 5.10. The van der Waals surface area contributed by atoms with Crippen LogP contribution in [0.25, 0.3) is 0 Å². The van der Waals surface area contributed by atoms with Crippen molar-refractivity contribution in [3.05, 3.63) is 41.2 Å². The van der Waals surface area contributed by atoms with Crippen molar-refractivity contribution in [1.29, 1.82) is 0 Å². The van der Waals surface area contributed by atoms with Crippen LogP contribution in [0.4, 0.5) is 10.1 Å². The molecule has 1 aromatic heterocycles. The van der Waals surface area contributed by atoms with Gasteiger partial charge in [-0.2, -0.15) is 4.37 Å². The standard InChI is InChI=1S/C10H9FN2OS/c11-7-1-3-8(4-2-7)14-6-10-9(12)5-13-15-10/h1-5H,6,12H2. The number of hydrogen-bond acceptors (Lipinski definition) is 4. The Labute approximate surface area is 90.5 Å². The van der Waals surface area contributed by atoms with Crippen LogP contribution < -0.4 is 10.5 Å². The van der Waals surface area contributed by atoms with Crippen molar-refractivity contribution >= 4 is 17.2 Å². The number of ether oxygens (including phenoxy) is 1. The monoisotopic (exact) mass is 224 g/mol. The second-order valence-corrected chi connectivity index (χ2v) is 3.83. The summed E-state index contributed by atoms with van der Waals surface area (Å²) in [5.74, 6) is 0.337. The molecule has 5 heteroatoms. The van der Waals surface area contributed by atoms with Crippen molar-refractivity contribution < 1.29 is 9.13 Å². The molecule has 2 rings (SSSR count). The summed E-state index contributed by atoms with van der Waals surface area (Å²) in [5.41, 5.74) is 6.26. The van der Waals surface area contributed by atoms with Gasteiger partial charge in [0.2, 0.25) is 0 Å². The topological polar surface area (TPSA) is 48.1 Å². The molecule has 0 aliphatic carbocycles. The predicted molar refractivity (Wildman–Crippen MR) is 57.3 cm³/mol. The van der Waals surface area contributed by atoms with E-state index in [0.29, 0.717) is 18.0 Å². The fraction of sp³-hybridized carbons (Fsp3) is 0.100. The van der Waals surface area contributed by atoms with E-state index >= 15 is 0 Å². The van der Waals surface area contributed by atoms with Gasteiger partial charge in [0, 0.05) is 0 Å². The Hall–Kier alpha value is -1.62. The molecule has 0 spiro atoms. The lowest BCUT2D eigenvalue weighted by atomic mass is 10.3. The third kappa shape index (κ3) is 2.44. The number of hydrogen-bond donors (Lipinski definition) is 1. The van der Waals surface area contributed by atoms with Crippen LogP contribution in [0.2, 0.25) is 0 Å². The van der Waals surface area contributed by atoms with E-state index in [9.17, 15) is 4.39 Å². The molecule has 0 unspecified atom stereocenters. The van der Waals surface area contributed by atoms with E-state index in [1.807, 2.05) is 0 Å². The van der Waals surface area contributed by atoms with Gasteiger partial charge in [0.05, 0.1) is 16.8 Å². The van der Waals surface area contributed by atoms with Crippen LogP contribution in [0, 0.1) is 5.82 Å². The SMILES string of the molecule is Nc1cnsc1COc1ccc(F)cc1. The minimum Gasteiger partial charge on any atom is -0.488 e. The van der Waals surface area contributed by atoms with Crippen molar-refractivity contribution in [3.8, 4) is 5.75 Å². The Kier molecular flexibility index (Phi) is 2.82. The molecule has 0 bridgehead atoms. The molecule has 0 radical (unpaired) electrons. The van der Waals surface area contributed by atoms with Crippen molar-refractivity contribution in [2.45, 2.75) is 6.61 Å². The highest BCUT2D eigenvalue weighted by Gasteiger charge is 2.02. The largest absolute Gasteiger partial charge is 0.488 e. The van der Waals surface area contributed by atoms with Crippen molar-refractivity contribution in [2.24, 2.45) is 0 Å². The van der Waals surface area contributed by atoms with Gasteiger partial charge >= 0.3 is 0 Å². The summed E-state index contributed by atoms with van der Waals surface area (Å²) >= 11 is 1.30. The minimum atomic E-state index is -0.278. The molecule has 78 valence electrons. The van der Waals surface area contributed by atoms with Crippen molar-refractivity contribution in [3.63, 3.8) is 0 Å². The first kappa shape index (κ1) is 9.92.